The fourth-order valence-corrected chi connectivity index (χ4v) is 4.89. The highest BCUT2D eigenvalue weighted by molar-refractivity contribution is 5.95. The minimum atomic E-state index is -0.572. The number of carbonyl (C=O) groups excluding carboxylic acids is 3. The van der Waals surface area contributed by atoms with Crippen LogP contribution in [0.5, 0.6) is 5.75 Å². The van der Waals surface area contributed by atoms with Crippen LogP contribution in [0.2, 0.25) is 0 Å². The number of amides is 3. The molecule has 4 rings (SSSR count). The normalized spacial score (nSPS) is 16.7. The number of primary amides is 1. The largest absolute Gasteiger partial charge is 0.494 e. The number of nitrogens with zero attached hydrogens (tertiary/aromatic N) is 3. The number of rotatable bonds is 8. The third-order valence-corrected chi connectivity index (χ3v) is 6.95. The fraction of sp³-hybridized carbons (Fsp3) is 0.481. The molecule has 2 N–H and O–H groups in total. The molecule has 1 aromatic heterocycles. The third-order valence-electron chi connectivity index (χ3n) is 6.95. The van der Waals surface area contributed by atoms with Crippen molar-refractivity contribution in [1.29, 1.82) is 0 Å². The Labute approximate surface area is 206 Å². The van der Waals surface area contributed by atoms with Crippen LogP contribution in [0.1, 0.15) is 64.8 Å². The molecule has 0 spiro atoms. The van der Waals surface area contributed by atoms with E-state index >= 15 is 0 Å². The fourth-order valence-electron chi connectivity index (χ4n) is 4.89. The smallest absolute Gasteiger partial charge is 0.254 e. The molecule has 1 aliphatic heterocycles. The summed E-state index contributed by atoms with van der Waals surface area (Å²) < 4.78 is 5.96. The Kier molecular flexibility index (Phi) is 8.34. The van der Waals surface area contributed by atoms with Crippen molar-refractivity contribution in [3.63, 3.8) is 0 Å². The van der Waals surface area contributed by atoms with Gasteiger partial charge in [0.2, 0.25) is 11.8 Å². The van der Waals surface area contributed by atoms with Gasteiger partial charge in [0.15, 0.2) is 0 Å². The van der Waals surface area contributed by atoms with Crippen molar-refractivity contribution < 1.29 is 19.1 Å². The standard InChI is InChI=1S/C27H34N4O4/c28-26(33)23-15-21(18-29-19-23)16-25(32)30-10-12-31(13-11-30)27(34)22-7-4-8-24(17-22)35-14-9-20-5-2-1-3-6-20/h4,7-8,15,17-20H,1-3,5-6,9-14,16H2,(H2,28,33). The molecule has 2 aliphatic rings. The maximum atomic E-state index is 13.1. The van der Waals surface area contributed by atoms with Gasteiger partial charge in [0.05, 0.1) is 18.6 Å². The van der Waals surface area contributed by atoms with Gasteiger partial charge in [-0.05, 0) is 42.2 Å². The van der Waals surface area contributed by atoms with Crippen molar-refractivity contribution in [3.05, 3.63) is 59.4 Å². The van der Waals surface area contributed by atoms with Crippen LogP contribution < -0.4 is 10.5 Å². The molecule has 2 aromatic rings. The summed E-state index contributed by atoms with van der Waals surface area (Å²) in [6, 6.07) is 8.98. The van der Waals surface area contributed by atoms with Crippen molar-refractivity contribution in [2.75, 3.05) is 32.8 Å². The van der Waals surface area contributed by atoms with Gasteiger partial charge >= 0.3 is 0 Å². The van der Waals surface area contributed by atoms with Gasteiger partial charge in [-0.25, -0.2) is 0 Å². The Balaban J connectivity index is 1.25. The number of pyridine rings is 1. The van der Waals surface area contributed by atoms with Gasteiger partial charge in [0.25, 0.3) is 5.91 Å². The number of carbonyl (C=O) groups is 3. The quantitative estimate of drug-likeness (QED) is 0.628. The molecule has 8 nitrogen and oxygen atoms in total. The molecule has 1 saturated carbocycles. The highest BCUT2D eigenvalue weighted by Gasteiger charge is 2.25. The molecular formula is C27H34N4O4. The first-order valence-corrected chi connectivity index (χ1v) is 12.5. The molecule has 186 valence electrons. The lowest BCUT2D eigenvalue weighted by Crippen LogP contribution is -2.51. The highest BCUT2D eigenvalue weighted by Crippen LogP contribution is 2.26. The lowest BCUT2D eigenvalue weighted by Gasteiger charge is -2.35. The zero-order valence-corrected chi connectivity index (χ0v) is 20.2. The Bertz CT molecular complexity index is 1040. The predicted molar refractivity (Wildman–Crippen MR) is 132 cm³/mol. The molecule has 2 heterocycles. The summed E-state index contributed by atoms with van der Waals surface area (Å²) in [6.07, 6.45) is 10.8. The number of hydrogen-bond acceptors (Lipinski definition) is 5. The number of nitrogens with two attached hydrogens (primary N) is 1. The van der Waals surface area contributed by atoms with Crippen LogP contribution in [-0.4, -0.2) is 65.3 Å². The summed E-state index contributed by atoms with van der Waals surface area (Å²) in [6.45, 7) is 2.55. The molecule has 1 aliphatic carbocycles. The molecule has 35 heavy (non-hydrogen) atoms. The first-order valence-electron chi connectivity index (χ1n) is 12.5. The summed E-state index contributed by atoms with van der Waals surface area (Å²) in [5.41, 5.74) is 6.82. The molecule has 2 fully saturated rings. The topological polar surface area (TPSA) is 106 Å². The molecule has 1 saturated heterocycles. The first kappa shape index (κ1) is 24.7. The van der Waals surface area contributed by atoms with E-state index in [0.29, 0.717) is 43.9 Å². The molecule has 0 unspecified atom stereocenters. The van der Waals surface area contributed by atoms with E-state index in [9.17, 15) is 14.4 Å². The third kappa shape index (κ3) is 6.81. The SMILES string of the molecule is NC(=O)c1cncc(CC(=O)N2CCN(C(=O)c3cccc(OCCC4CCCCC4)c3)CC2)c1. The monoisotopic (exact) mass is 478 g/mol. The minimum Gasteiger partial charge on any atom is -0.494 e. The van der Waals surface area contributed by atoms with Gasteiger partial charge in [0, 0.05) is 44.1 Å². The van der Waals surface area contributed by atoms with E-state index < -0.39 is 5.91 Å². The Morgan fingerprint density at radius 1 is 0.943 bits per heavy atom. The molecule has 0 bridgehead atoms. The van der Waals surface area contributed by atoms with Crippen LogP contribution in [0.15, 0.2) is 42.7 Å². The number of benzene rings is 1. The van der Waals surface area contributed by atoms with E-state index in [1.165, 1.54) is 38.3 Å². The summed E-state index contributed by atoms with van der Waals surface area (Å²) in [4.78, 5) is 44.6. The molecule has 0 atom stereocenters. The number of hydrogen-bond donors (Lipinski definition) is 1. The van der Waals surface area contributed by atoms with Crippen molar-refractivity contribution in [3.8, 4) is 5.75 Å². The zero-order valence-electron chi connectivity index (χ0n) is 20.2. The molecular weight excluding hydrogens is 444 g/mol. The maximum absolute atomic E-state index is 13.1. The predicted octanol–water partition coefficient (Wildman–Crippen LogP) is 3.06. The van der Waals surface area contributed by atoms with Crippen LogP contribution in [0, 0.1) is 5.92 Å². The Morgan fingerprint density at radius 3 is 2.43 bits per heavy atom. The molecule has 1 aromatic carbocycles. The van der Waals surface area contributed by atoms with Crippen LogP contribution in [0.25, 0.3) is 0 Å². The van der Waals surface area contributed by atoms with Gasteiger partial charge in [-0.1, -0.05) is 38.2 Å². The Hall–Kier alpha value is -3.42. The van der Waals surface area contributed by atoms with Gasteiger partial charge in [0.1, 0.15) is 5.75 Å². The summed E-state index contributed by atoms with van der Waals surface area (Å²) in [5.74, 6) is 0.808. The van der Waals surface area contributed by atoms with Gasteiger partial charge < -0.3 is 20.3 Å². The van der Waals surface area contributed by atoms with Crippen LogP contribution >= 0.6 is 0 Å². The average molecular weight is 479 g/mol. The van der Waals surface area contributed by atoms with Crippen molar-refractivity contribution in [2.24, 2.45) is 11.7 Å². The highest BCUT2D eigenvalue weighted by atomic mass is 16.5. The molecule has 3 amide bonds. The average Bonchev–Trinajstić information content (AvgIpc) is 2.89. The first-order chi connectivity index (χ1) is 17.0. The van der Waals surface area contributed by atoms with Gasteiger partial charge in [-0.15, -0.1) is 0 Å². The lowest BCUT2D eigenvalue weighted by atomic mass is 9.87. The van der Waals surface area contributed by atoms with Gasteiger partial charge in [-0.2, -0.15) is 0 Å². The van der Waals surface area contributed by atoms with E-state index in [0.717, 1.165) is 18.1 Å². The van der Waals surface area contributed by atoms with E-state index in [1.54, 1.807) is 22.1 Å². The second-order valence-corrected chi connectivity index (χ2v) is 9.46. The molecule has 0 radical (unpaired) electrons. The van der Waals surface area contributed by atoms with Crippen molar-refractivity contribution in [2.45, 2.75) is 44.9 Å². The number of piperazine rings is 1. The van der Waals surface area contributed by atoms with E-state index in [4.69, 9.17) is 10.5 Å². The second-order valence-electron chi connectivity index (χ2n) is 9.46. The van der Waals surface area contributed by atoms with Gasteiger partial charge in [-0.3, -0.25) is 19.4 Å². The lowest BCUT2D eigenvalue weighted by molar-refractivity contribution is -0.131. The van der Waals surface area contributed by atoms with E-state index in [-0.39, 0.29) is 23.8 Å². The minimum absolute atomic E-state index is 0.0480. The molecule has 8 heteroatoms. The van der Waals surface area contributed by atoms with Crippen LogP contribution in [-0.2, 0) is 11.2 Å². The maximum Gasteiger partial charge on any atom is 0.254 e. The van der Waals surface area contributed by atoms with E-state index in [2.05, 4.69) is 4.98 Å². The summed E-state index contributed by atoms with van der Waals surface area (Å²) >= 11 is 0. The second kappa shape index (κ2) is 11.8. The van der Waals surface area contributed by atoms with Crippen molar-refractivity contribution >= 4 is 17.7 Å². The summed E-state index contributed by atoms with van der Waals surface area (Å²) in [5, 5.41) is 0. The summed E-state index contributed by atoms with van der Waals surface area (Å²) in [7, 11) is 0. The zero-order chi connectivity index (χ0) is 24.6. The Morgan fingerprint density at radius 2 is 1.69 bits per heavy atom. The van der Waals surface area contributed by atoms with Crippen LogP contribution in [0.4, 0.5) is 0 Å². The number of ether oxygens (including phenoxy) is 1. The van der Waals surface area contributed by atoms with Crippen molar-refractivity contribution in [1.82, 2.24) is 14.8 Å². The van der Waals surface area contributed by atoms with E-state index in [1.807, 2.05) is 24.3 Å². The van der Waals surface area contributed by atoms with Crippen LogP contribution in [0.3, 0.4) is 0 Å². The number of aromatic nitrogens is 1.